The highest BCUT2D eigenvalue weighted by atomic mass is 16.5. The fraction of sp³-hybridized carbons (Fsp3) is 0.348. The highest BCUT2D eigenvalue weighted by molar-refractivity contribution is 6.23. The summed E-state index contributed by atoms with van der Waals surface area (Å²) in [6.07, 6.45) is 0. The minimum absolute atomic E-state index is 0.222. The molecule has 2 aliphatic rings. The second kappa shape index (κ2) is 7.12. The molecule has 0 aromatic heterocycles. The number of benzene rings is 2. The van der Waals surface area contributed by atoms with Gasteiger partial charge in [-0.25, -0.2) is 9.69 Å². The number of aryl methyl sites for hydroxylation is 1. The van der Waals surface area contributed by atoms with Crippen molar-refractivity contribution < 1.29 is 24.4 Å². The van der Waals surface area contributed by atoms with E-state index in [1.165, 1.54) is 4.90 Å². The number of esters is 1. The Morgan fingerprint density at radius 2 is 1.83 bits per heavy atom. The molecule has 6 nitrogen and oxygen atoms in total. The zero-order valence-electron chi connectivity index (χ0n) is 16.8. The first-order chi connectivity index (χ1) is 13.9. The van der Waals surface area contributed by atoms with E-state index in [1.807, 2.05) is 42.6 Å². The lowest BCUT2D eigenvalue weighted by molar-refractivity contribution is -0.731. The molecule has 2 aromatic rings. The van der Waals surface area contributed by atoms with Crippen LogP contribution in [0, 0.1) is 18.8 Å². The molecule has 0 spiro atoms. The van der Waals surface area contributed by atoms with Crippen molar-refractivity contribution in [3.63, 3.8) is 0 Å². The summed E-state index contributed by atoms with van der Waals surface area (Å²) in [5.41, 5.74) is 1.37. The molecule has 0 radical (unpaired) electrons. The number of carbonyl (C=O) groups excluding carboxylic acids is 3. The number of quaternary nitrogens is 1. The van der Waals surface area contributed by atoms with Gasteiger partial charge >= 0.3 is 5.97 Å². The number of ether oxygens (including phenoxy) is 1. The van der Waals surface area contributed by atoms with Crippen LogP contribution in [0.4, 0.5) is 5.69 Å². The molecule has 2 N–H and O–H groups in total. The Morgan fingerprint density at radius 1 is 1.10 bits per heavy atom. The van der Waals surface area contributed by atoms with Crippen LogP contribution in [0.25, 0.3) is 0 Å². The van der Waals surface area contributed by atoms with Crippen molar-refractivity contribution in [1.82, 2.24) is 0 Å². The van der Waals surface area contributed by atoms with Gasteiger partial charge in [-0.1, -0.05) is 48.0 Å². The van der Waals surface area contributed by atoms with Gasteiger partial charge in [0, 0.05) is 12.5 Å². The number of hydrogen-bond donors (Lipinski definition) is 1. The summed E-state index contributed by atoms with van der Waals surface area (Å²) in [6.45, 7) is 5.67. The SMILES string of the molecule is CCOC(=O)[C@]1(C)[NH2+][C@@H](c2cccc(C)c2)[C@H]2C(=O)N(c3ccccc3)C(=O)[C@H]21. The molecule has 150 valence electrons. The third-order valence-corrected chi connectivity index (χ3v) is 6.07. The van der Waals surface area contributed by atoms with E-state index in [9.17, 15) is 14.4 Å². The third-order valence-electron chi connectivity index (χ3n) is 6.07. The van der Waals surface area contributed by atoms with E-state index in [0.29, 0.717) is 5.69 Å². The van der Waals surface area contributed by atoms with Crippen molar-refractivity contribution in [2.75, 3.05) is 11.5 Å². The summed E-state index contributed by atoms with van der Waals surface area (Å²) in [7, 11) is 0. The fourth-order valence-corrected chi connectivity index (χ4v) is 4.76. The zero-order chi connectivity index (χ0) is 20.8. The lowest BCUT2D eigenvalue weighted by atomic mass is 9.80. The average molecular weight is 393 g/mol. The second-order valence-corrected chi connectivity index (χ2v) is 7.96. The molecule has 2 aromatic carbocycles. The van der Waals surface area contributed by atoms with Gasteiger partial charge in [0.05, 0.1) is 12.3 Å². The van der Waals surface area contributed by atoms with Crippen LogP contribution in [0.3, 0.4) is 0 Å². The second-order valence-electron chi connectivity index (χ2n) is 7.96. The van der Waals surface area contributed by atoms with E-state index in [1.54, 1.807) is 38.1 Å². The molecule has 2 aliphatic heterocycles. The number of para-hydroxylation sites is 1. The highest BCUT2D eigenvalue weighted by Crippen LogP contribution is 2.45. The number of nitrogens with two attached hydrogens (primary N) is 1. The summed E-state index contributed by atoms with van der Waals surface area (Å²) >= 11 is 0. The lowest BCUT2D eigenvalue weighted by Crippen LogP contribution is -2.97. The first-order valence-electron chi connectivity index (χ1n) is 9.91. The molecule has 6 heteroatoms. The van der Waals surface area contributed by atoms with Gasteiger partial charge < -0.3 is 10.1 Å². The summed E-state index contributed by atoms with van der Waals surface area (Å²) < 4.78 is 5.32. The summed E-state index contributed by atoms with van der Waals surface area (Å²) in [4.78, 5) is 41.1. The molecular formula is C23H25N2O4+. The smallest absolute Gasteiger partial charge is 0.368 e. The van der Waals surface area contributed by atoms with Gasteiger partial charge in [-0.15, -0.1) is 0 Å². The maximum absolute atomic E-state index is 13.5. The molecule has 0 bridgehead atoms. The van der Waals surface area contributed by atoms with Crippen LogP contribution in [0.1, 0.15) is 31.0 Å². The van der Waals surface area contributed by atoms with Crippen LogP contribution >= 0.6 is 0 Å². The number of nitrogens with zero attached hydrogens (tertiary/aromatic N) is 1. The standard InChI is InChI=1S/C23H24N2O4/c1-4-29-22(28)23(3)18-17(19(24-23)15-10-8-9-14(2)13-15)20(26)25(21(18)27)16-11-6-5-7-12-16/h5-13,17-19,24H,4H2,1-3H3/p+1/t17-,18-,19-,23+/m0/s1. The van der Waals surface area contributed by atoms with Crippen molar-refractivity contribution in [2.24, 2.45) is 11.8 Å². The summed E-state index contributed by atoms with van der Waals surface area (Å²) in [5.74, 6) is -2.46. The van der Waals surface area contributed by atoms with E-state index >= 15 is 0 Å². The van der Waals surface area contributed by atoms with Crippen molar-refractivity contribution in [1.29, 1.82) is 0 Å². The van der Waals surface area contributed by atoms with Gasteiger partial charge in [0.2, 0.25) is 17.4 Å². The van der Waals surface area contributed by atoms with E-state index in [2.05, 4.69) is 0 Å². The van der Waals surface area contributed by atoms with Crippen molar-refractivity contribution in [2.45, 2.75) is 32.4 Å². The molecule has 29 heavy (non-hydrogen) atoms. The lowest BCUT2D eigenvalue weighted by Gasteiger charge is -2.26. The topological polar surface area (TPSA) is 80.3 Å². The van der Waals surface area contributed by atoms with Crippen LogP contribution in [0.15, 0.2) is 54.6 Å². The van der Waals surface area contributed by atoms with E-state index < -0.39 is 23.3 Å². The van der Waals surface area contributed by atoms with Gasteiger partial charge in [-0.2, -0.15) is 0 Å². The Balaban J connectivity index is 1.82. The van der Waals surface area contributed by atoms with Crippen molar-refractivity contribution >= 4 is 23.5 Å². The summed E-state index contributed by atoms with van der Waals surface area (Å²) in [6, 6.07) is 16.4. The molecule has 2 saturated heterocycles. The first kappa shape index (κ1) is 19.3. The van der Waals surface area contributed by atoms with Crippen molar-refractivity contribution in [3.05, 3.63) is 65.7 Å². The number of hydrogen-bond acceptors (Lipinski definition) is 4. The predicted molar refractivity (Wildman–Crippen MR) is 107 cm³/mol. The average Bonchev–Trinajstić information content (AvgIpc) is 3.17. The van der Waals surface area contributed by atoms with Gasteiger partial charge in [0.25, 0.3) is 0 Å². The molecular weight excluding hydrogens is 368 g/mol. The van der Waals surface area contributed by atoms with Crippen LogP contribution in [0.5, 0.6) is 0 Å². The Hall–Kier alpha value is -2.99. The fourth-order valence-electron chi connectivity index (χ4n) is 4.76. The maximum Gasteiger partial charge on any atom is 0.368 e. The van der Waals surface area contributed by atoms with Crippen LogP contribution in [0.2, 0.25) is 0 Å². The molecule has 0 aliphatic carbocycles. The maximum atomic E-state index is 13.5. The Bertz CT molecular complexity index is 974. The molecule has 2 amide bonds. The predicted octanol–water partition coefficient (Wildman–Crippen LogP) is 1.74. The number of amides is 2. The number of carbonyl (C=O) groups is 3. The van der Waals surface area contributed by atoms with Gasteiger partial charge in [0.1, 0.15) is 17.9 Å². The largest absolute Gasteiger partial charge is 0.461 e. The minimum Gasteiger partial charge on any atom is -0.461 e. The molecule has 2 heterocycles. The quantitative estimate of drug-likeness (QED) is 0.634. The van der Waals surface area contributed by atoms with E-state index in [-0.39, 0.29) is 24.5 Å². The van der Waals surface area contributed by atoms with Gasteiger partial charge in [-0.05, 0) is 26.0 Å². The Labute approximate surface area is 169 Å². The monoisotopic (exact) mass is 393 g/mol. The first-order valence-corrected chi connectivity index (χ1v) is 9.91. The molecule has 4 rings (SSSR count). The van der Waals surface area contributed by atoms with Crippen molar-refractivity contribution in [3.8, 4) is 0 Å². The highest BCUT2D eigenvalue weighted by Gasteiger charge is 2.70. The van der Waals surface area contributed by atoms with E-state index in [0.717, 1.165) is 11.1 Å². The number of fused-ring (bicyclic) bond motifs is 1. The molecule has 0 saturated carbocycles. The Kier molecular flexibility index (Phi) is 4.74. The third kappa shape index (κ3) is 2.95. The van der Waals surface area contributed by atoms with E-state index in [4.69, 9.17) is 4.74 Å². The summed E-state index contributed by atoms with van der Waals surface area (Å²) in [5, 5.41) is 1.85. The van der Waals surface area contributed by atoms with Crippen LogP contribution in [-0.2, 0) is 19.1 Å². The number of rotatable bonds is 4. The van der Waals surface area contributed by atoms with Crippen LogP contribution in [-0.4, -0.2) is 29.9 Å². The van der Waals surface area contributed by atoms with Crippen LogP contribution < -0.4 is 10.2 Å². The molecule has 2 fully saturated rings. The normalized spacial score (nSPS) is 28.5. The molecule has 4 atom stereocenters. The zero-order valence-corrected chi connectivity index (χ0v) is 16.8. The number of anilines is 1. The minimum atomic E-state index is -1.16. The van der Waals surface area contributed by atoms with Gasteiger partial charge in [0.15, 0.2) is 0 Å². The van der Waals surface area contributed by atoms with Gasteiger partial charge in [-0.3, -0.25) is 9.59 Å². The molecule has 0 unspecified atom stereocenters. The Morgan fingerprint density at radius 3 is 2.48 bits per heavy atom. The number of imide groups is 1.